The second kappa shape index (κ2) is 5.39. The SMILES string of the molecule is C=C(C)CC(NN)c1cc(F)cc(Br)c1. The van der Waals surface area contributed by atoms with Crippen molar-refractivity contribution >= 4 is 15.9 Å². The number of nitrogens with one attached hydrogen (secondary N) is 1. The summed E-state index contributed by atoms with van der Waals surface area (Å²) >= 11 is 3.25. The minimum Gasteiger partial charge on any atom is -0.271 e. The molecule has 3 N–H and O–H groups in total. The van der Waals surface area contributed by atoms with Crippen LogP contribution < -0.4 is 11.3 Å². The summed E-state index contributed by atoms with van der Waals surface area (Å²) in [5.74, 6) is 5.15. The van der Waals surface area contributed by atoms with Crippen molar-refractivity contribution in [2.45, 2.75) is 19.4 Å². The van der Waals surface area contributed by atoms with Gasteiger partial charge in [0, 0.05) is 10.5 Å². The van der Waals surface area contributed by atoms with E-state index in [2.05, 4.69) is 27.9 Å². The minimum atomic E-state index is -0.277. The van der Waals surface area contributed by atoms with Gasteiger partial charge < -0.3 is 0 Å². The lowest BCUT2D eigenvalue weighted by molar-refractivity contribution is 0.542. The van der Waals surface area contributed by atoms with Crippen LogP contribution in [-0.4, -0.2) is 0 Å². The van der Waals surface area contributed by atoms with Gasteiger partial charge >= 0.3 is 0 Å². The molecule has 15 heavy (non-hydrogen) atoms. The summed E-state index contributed by atoms with van der Waals surface area (Å²) in [7, 11) is 0. The Balaban J connectivity index is 2.95. The molecule has 0 fully saturated rings. The van der Waals surface area contributed by atoms with Crippen LogP contribution in [0.5, 0.6) is 0 Å². The molecule has 0 aliphatic heterocycles. The molecule has 1 aromatic rings. The Labute approximate surface area is 97.5 Å². The Bertz CT molecular complexity index is 345. The van der Waals surface area contributed by atoms with E-state index < -0.39 is 0 Å². The van der Waals surface area contributed by atoms with E-state index in [1.165, 1.54) is 12.1 Å². The second-order valence-electron chi connectivity index (χ2n) is 3.58. The van der Waals surface area contributed by atoms with Gasteiger partial charge in [0.05, 0.1) is 0 Å². The molecule has 0 spiro atoms. The summed E-state index contributed by atoms with van der Waals surface area (Å²) in [6, 6.07) is 4.63. The Morgan fingerprint density at radius 1 is 1.60 bits per heavy atom. The van der Waals surface area contributed by atoms with E-state index >= 15 is 0 Å². The van der Waals surface area contributed by atoms with Crippen molar-refractivity contribution in [3.8, 4) is 0 Å². The minimum absolute atomic E-state index is 0.102. The standard InChI is InChI=1S/C11H14BrFN2/c1-7(2)3-11(15-14)8-4-9(12)6-10(13)5-8/h4-6,11,15H,1,3,14H2,2H3. The Kier molecular flexibility index (Phi) is 4.45. The first-order chi connectivity index (χ1) is 7.02. The molecular weight excluding hydrogens is 259 g/mol. The molecule has 82 valence electrons. The molecule has 0 saturated heterocycles. The van der Waals surface area contributed by atoms with Gasteiger partial charge in [-0.05, 0) is 37.1 Å². The lowest BCUT2D eigenvalue weighted by atomic mass is 10.0. The van der Waals surface area contributed by atoms with E-state index in [-0.39, 0.29) is 11.9 Å². The second-order valence-corrected chi connectivity index (χ2v) is 4.50. The van der Waals surface area contributed by atoms with Crippen molar-refractivity contribution in [2.75, 3.05) is 0 Å². The lowest BCUT2D eigenvalue weighted by Crippen LogP contribution is -2.28. The summed E-state index contributed by atoms with van der Waals surface area (Å²) in [4.78, 5) is 0. The van der Waals surface area contributed by atoms with E-state index in [9.17, 15) is 4.39 Å². The first-order valence-corrected chi connectivity index (χ1v) is 5.38. The number of nitrogens with two attached hydrogens (primary N) is 1. The van der Waals surface area contributed by atoms with Gasteiger partial charge in [0.25, 0.3) is 0 Å². The molecule has 0 aliphatic rings. The molecule has 1 rings (SSSR count). The van der Waals surface area contributed by atoms with Crippen LogP contribution >= 0.6 is 15.9 Å². The van der Waals surface area contributed by atoms with Gasteiger partial charge in [-0.3, -0.25) is 11.3 Å². The molecular formula is C11H14BrFN2. The average Bonchev–Trinajstić information content (AvgIpc) is 2.12. The molecule has 0 bridgehead atoms. The van der Waals surface area contributed by atoms with Crippen molar-refractivity contribution in [1.29, 1.82) is 0 Å². The fourth-order valence-electron chi connectivity index (χ4n) is 1.40. The first kappa shape index (κ1) is 12.4. The predicted molar refractivity (Wildman–Crippen MR) is 63.6 cm³/mol. The van der Waals surface area contributed by atoms with E-state index in [1.807, 2.05) is 13.0 Å². The topological polar surface area (TPSA) is 38.0 Å². The maximum Gasteiger partial charge on any atom is 0.124 e. The zero-order chi connectivity index (χ0) is 11.4. The van der Waals surface area contributed by atoms with Gasteiger partial charge in [-0.25, -0.2) is 4.39 Å². The van der Waals surface area contributed by atoms with Crippen molar-refractivity contribution in [1.82, 2.24) is 5.43 Å². The van der Waals surface area contributed by atoms with Crippen LogP contribution in [0, 0.1) is 5.82 Å². The Hall–Kier alpha value is -0.710. The first-order valence-electron chi connectivity index (χ1n) is 4.59. The Morgan fingerprint density at radius 3 is 2.73 bits per heavy atom. The molecule has 2 nitrogen and oxygen atoms in total. The van der Waals surface area contributed by atoms with Crippen LogP contribution in [0.4, 0.5) is 4.39 Å². The zero-order valence-electron chi connectivity index (χ0n) is 8.56. The summed E-state index contributed by atoms with van der Waals surface area (Å²) in [5.41, 5.74) is 4.47. The van der Waals surface area contributed by atoms with Crippen molar-refractivity contribution in [3.05, 3.63) is 46.2 Å². The molecule has 0 amide bonds. The molecule has 0 saturated carbocycles. The number of benzene rings is 1. The van der Waals surface area contributed by atoms with Crippen LogP contribution in [0.3, 0.4) is 0 Å². The zero-order valence-corrected chi connectivity index (χ0v) is 10.1. The quantitative estimate of drug-likeness (QED) is 0.502. The average molecular weight is 273 g/mol. The van der Waals surface area contributed by atoms with Gasteiger partial charge in [-0.2, -0.15) is 0 Å². The highest BCUT2D eigenvalue weighted by Crippen LogP contribution is 2.23. The van der Waals surface area contributed by atoms with Crippen molar-refractivity contribution in [3.63, 3.8) is 0 Å². The number of halogens is 2. The number of hydrazine groups is 1. The van der Waals surface area contributed by atoms with Gasteiger partial charge in [-0.1, -0.05) is 21.5 Å². The highest BCUT2D eigenvalue weighted by Gasteiger charge is 2.11. The maximum absolute atomic E-state index is 13.1. The smallest absolute Gasteiger partial charge is 0.124 e. The monoisotopic (exact) mass is 272 g/mol. The van der Waals surface area contributed by atoms with Gasteiger partial charge in [0.2, 0.25) is 0 Å². The van der Waals surface area contributed by atoms with Crippen molar-refractivity contribution < 1.29 is 4.39 Å². The largest absolute Gasteiger partial charge is 0.271 e. The van der Waals surface area contributed by atoms with Crippen LogP contribution in [0.25, 0.3) is 0 Å². The van der Waals surface area contributed by atoms with Crippen LogP contribution in [0.2, 0.25) is 0 Å². The third kappa shape index (κ3) is 3.74. The molecule has 1 atom stereocenters. The number of rotatable bonds is 4. The van der Waals surface area contributed by atoms with E-state index in [0.29, 0.717) is 10.9 Å². The van der Waals surface area contributed by atoms with Gasteiger partial charge in [0.15, 0.2) is 0 Å². The van der Waals surface area contributed by atoms with Gasteiger partial charge in [0.1, 0.15) is 5.82 Å². The normalized spacial score (nSPS) is 12.5. The van der Waals surface area contributed by atoms with Crippen LogP contribution in [0.15, 0.2) is 34.8 Å². The van der Waals surface area contributed by atoms with E-state index in [0.717, 1.165) is 11.1 Å². The number of hydrogen-bond donors (Lipinski definition) is 2. The summed E-state index contributed by atoms with van der Waals surface area (Å²) < 4.78 is 13.8. The molecule has 0 heterocycles. The van der Waals surface area contributed by atoms with Gasteiger partial charge in [-0.15, -0.1) is 6.58 Å². The summed E-state index contributed by atoms with van der Waals surface area (Å²) in [6.07, 6.45) is 0.687. The fraction of sp³-hybridized carbons (Fsp3) is 0.273. The summed E-state index contributed by atoms with van der Waals surface area (Å²) in [6.45, 7) is 5.73. The molecule has 4 heteroatoms. The summed E-state index contributed by atoms with van der Waals surface area (Å²) in [5, 5.41) is 0. The molecule has 1 unspecified atom stereocenters. The highest BCUT2D eigenvalue weighted by atomic mass is 79.9. The van der Waals surface area contributed by atoms with Crippen LogP contribution in [-0.2, 0) is 0 Å². The Morgan fingerprint density at radius 2 is 2.27 bits per heavy atom. The molecule has 0 radical (unpaired) electrons. The third-order valence-electron chi connectivity index (χ3n) is 2.04. The highest BCUT2D eigenvalue weighted by molar-refractivity contribution is 9.10. The molecule has 0 aromatic heterocycles. The van der Waals surface area contributed by atoms with E-state index in [1.54, 1.807) is 0 Å². The fourth-order valence-corrected chi connectivity index (χ4v) is 1.88. The lowest BCUT2D eigenvalue weighted by Gasteiger charge is -2.16. The third-order valence-corrected chi connectivity index (χ3v) is 2.50. The van der Waals surface area contributed by atoms with Crippen molar-refractivity contribution in [2.24, 2.45) is 5.84 Å². The number of hydrogen-bond acceptors (Lipinski definition) is 2. The molecule has 0 aliphatic carbocycles. The van der Waals surface area contributed by atoms with Crippen LogP contribution in [0.1, 0.15) is 24.9 Å². The maximum atomic E-state index is 13.1. The predicted octanol–water partition coefficient (Wildman–Crippen LogP) is 3.06. The molecule has 1 aromatic carbocycles. The van der Waals surface area contributed by atoms with E-state index in [4.69, 9.17) is 5.84 Å².